The van der Waals surface area contributed by atoms with Crippen LogP contribution >= 0.6 is 27.5 Å². The molecule has 2 rings (SSSR count). The Labute approximate surface area is 126 Å². The molecule has 4 nitrogen and oxygen atoms in total. The zero-order chi connectivity index (χ0) is 14.0. The van der Waals surface area contributed by atoms with Crippen molar-refractivity contribution < 1.29 is 8.42 Å². The summed E-state index contributed by atoms with van der Waals surface area (Å²) in [4.78, 5) is 0.0782. The van der Waals surface area contributed by atoms with Gasteiger partial charge in [-0.05, 0) is 40.9 Å². The fraction of sp³-hybridized carbons (Fsp3) is 0.500. The van der Waals surface area contributed by atoms with E-state index in [4.69, 9.17) is 17.3 Å². The van der Waals surface area contributed by atoms with E-state index in [-0.39, 0.29) is 22.0 Å². The van der Waals surface area contributed by atoms with Crippen LogP contribution in [0.5, 0.6) is 0 Å². The fourth-order valence-corrected chi connectivity index (χ4v) is 5.36. The molecule has 0 radical (unpaired) electrons. The van der Waals surface area contributed by atoms with Gasteiger partial charge in [-0.25, -0.2) is 13.1 Å². The minimum Gasteiger partial charge on any atom is -0.326 e. The third kappa shape index (κ3) is 3.49. The highest BCUT2D eigenvalue weighted by molar-refractivity contribution is 9.10. The molecule has 1 aliphatic rings. The summed E-state index contributed by atoms with van der Waals surface area (Å²) in [6.07, 6.45) is 3.65. The van der Waals surface area contributed by atoms with Crippen molar-refractivity contribution in [1.82, 2.24) is 4.72 Å². The van der Waals surface area contributed by atoms with Crippen LogP contribution in [-0.4, -0.2) is 20.5 Å². The summed E-state index contributed by atoms with van der Waals surface area (Å²) >= 11 is 9.22. The highest BCUT2D eigenvalue weighted by Crippen LogP contribution is 2.30. The maximum atomic E-state index is 12.4. The van der Waals surface area contributed by atoms with Crippen molar-refractivity contribution in [3.8, 4) is 0 Å². The molecule has 0 aliphatic heterocycles. The van der Waals surface area contributed by atoms with Gasteiger partial charge in [0.2, 0.25) is 10.0 Å². The van der Waals surface area contributed by atoms with Crippen molar-refractivity contribution >= 4 is 37.6 Å². The Hall–Kier alpha value is -0.140. The molecule has 0 aromatic heterocycles. The van der Waals surface area contributed by atoms with Crippen LogP contribution in [0.3, 0.4) is 0 Å². The lowest BCUT2D eigenvalue weighted by Gasteiger charge is -2.29. The van der Waals surface area contributed by atoms with Crippen molar-refractivity contribution in [3.63, 3.8) is 0 Å². The quantitative estimate of drug-likeness (QED) is 0.862. The van der Waals surface area contributed by atoms with Crippen LogP contribution in [0.2, 0.25) is 5.02 Å². The molecule has 1 saturated carbocycles. The average molecular weight is 368 g/mol. The molecule has 3 N–H and O–H groups in total. The smallest absolute Gasteiger partial charge is 0.243 e. The van der Waals surface area contributed by atoms with E-state index in [9.17, 15) is 8.42 Å². The summed E-state index contributed by atoms with van der Waals surface area (Å²) in [5.41, 5.74) is 5.97. The third-order valence-corrected chi connectivity index (χ3v) is 6.25. The lowest BCUT2D eigenvalue weighted by molar-refractivity contribution is 0.361. The highest BCUT2D eigenvalue weighted by atomic mass is 79.9. The number of halogens is 2. The monoisotopic (exact) mass is 366 g/mol. The zero-order valence-corrected chi connectivity index (χ0v) is 13.4. The van der Waals surface area contributed by atoms with Crippen LogP contribution in [0.15, 0.2) is 27.6 Å². The second-order valence-electron chi connectivity index (χ2n) is 4.73. The Bertz CT molecular complexity index is 545. The molecule has 0 amide bonds. The number of hydrogen-bond donors (Lipinski definition) is 2. The number of benzene rings is 1. The molecule has 0 spiro atoms. The first-order valence-corrected chi connectivity index (χ1v) is 8.79. The summed E-state index contributed by atoms with van der Waals surface area (Å²) in [5, 5.41) is 0.200. The van der Waals surface area contributed by atoms with E-state index in [0.29, 0.717) is 4.47 Å². The fourth-order valence-electron chi connectivity index (χ4n) is 2.30. The van der Waals surface area contributed by atoms with Crippen molar-refractivity contribution in [3.05, 3.63) is 27.7 Å². The number of rotatable bonds is 3. The van der Waals surface area contributed by atoms with Gasteiger partial charge in [0, 0.05) is 16.6 Å². The third-order valence-electron chi connectivity index (χ3n) is 3.31. The minimum atomic E-state index is -3.66. The average Bonchev–Trinajstić information content (AvgIpc) is 2.31. The van der Waals surface area contributed by atoms with Crippen LogP contribution in [0.4, 0.5) is 0 Å². The molecule has 1 aromatic rings. The number of nitrogens with one attached hydrogen (secondary N) is 1. The Morgan fingerprint density at radius 3 is 2.63 bits per heavy atom. The molecular weight excluding hydrogens is 352 g/mol. The maximum Gasteiger partial charge on any atom is 0.243 e. The predicted molar refractivity (Wildman–Crippen MR) is 79.7 cm³/mol. The number of hydrogen-bond acceptors (Lipinski definition) is 3. The summed E-state index contributed by atoms with van der Waals surface area (Å²) in [7, 11) is -3.66. The van der Waals surface area contributed by atoms with Gasteiger partial charge in [0.05, 0.1) is 5.02 Å². The first-order valence-electron chi connectivity index (χ1n) is 6.14. The molecule has 1 fully saturated rings. The van der Waals surface area contributed by atoms with Gasteiger partial charge >= 0.3 is 0 Å². The molecule has 0 bridgehead atoms. The van der Waals surface area contributed by atoms with Gasteiger partial charge in [0.1, 0.15) is 4.90 Å². The van der Waals surface area contributed by atoms with Crippen LogP contribution in [0.1, 0.15) is 25.7 Å². The lowest BCUT2D eigenvalue weighted by atomic mass is 9.92. The van der Waals surface area contributed by atoms with Crippen LogP contribution in [0.25, 0.3) is 0 Å². The van der Waals surface area contributed by atoms with Gasteiger partial charge in [-0.2, -0.15) is 0 Å². The second kappa shape index (κ2) is 6.10. The van der Waals surface area contributed by atoms with E-state index < -0.39 is 10.0 Å². The summed E-state index contributed by atoms with van der Waals surface area (Å²) in [5.74, 6) is 0. The topological polar surface area (TPSA) is 72.2 Å². The van der Waals surface area contributed by atoms with Crippen LogP contribution in [0, 0.1) is 0 Å². The second-order valence-corrected chi connectivity index (χ2v) is 7.64. The number of sulfonamides is 1. The Kier molecular flexibility index (Phi) is 4.89. The standard InChI is InChI=1S/C12H16BrClN2O2S/c13-8-4-3-5-9(14)12(8)19(17,18)16-11-7-2-1-6-10(11)15/h3-5,10-11,16H,1-2,6-7,15H2/t10-,11-/m1/s1. The van der Waals surface area contributed by atoms with Crippen molar-refractivity contribution in [1.29, 1.82) is 0 Å². The van der Waals surface area contributed by atoms with Gasteiger partial charge in [-0.3, -0.25) is 0 Å². The van der Waals surface area contributed by atoms with Crippen molar-refractivity contribution in [2.24, 2.45) is 5.73 Å². The Morgan fingerprint density at radius 2 is 2.00 bits per heavy atom. The molecule has 1 aliphatic carbocycles. The van der Waals surface area contributed by atoms with Crippen molar-refractivity contribution in [2.75, 3.05) is 0 Å². The molecule has 106 valence electrons. The Balaban J connectivity index is 2.27. The molecule has 0 heterocycles. The predicted octanol–water partition coefficient (Wildman–Crippen LogP) is 2.65. The largest absolute Gasteiger partial charge is 0.326 e. The summed E-state index contributed by atoms with van der Waals surface area (Å²) in [6.45, 7) is 0. The molecule has 0 unspecified atom stereocenters. The number of nitrogens with two attached hydrogens (primary N) is 1. The van der Waals surface area contributed by atoms with E-state index >= 15 is 0 Å². The first kappa shape index (κ1) is 15.3. The first-order chi connectivity index (χ1) is 8.92. The van der Waals surface area contributed by atoms with Crippen molar-refractivity contribution in [2.45, 2.75) is 42.7 Å². The van der Waals surface area contributed by atoms with Crippen LogP contribution < -0.4 is 10.5 Å². The maximum absolute atomic E-state index is 12.4. The summed E-state index contributed by atoms with van der Waals surface area (Å²) in [6, 6.07) is 4.55. The van der Waals surface area contributed by atoms with E-state index in [1.807, 2.05) is 0 Å². The van der Waals surface area contributed by atoms with E-state index in [1.165, 1.54) is 0 Å². The van der Waals surface area contributed by atoms with Crippen LogP contribution in [-0.2, 0) is 10.0 Å². The molecule has 1 aromatic carbocycles. The molecular formula is C12H16BrClN2O2S. The van der Waals surface area contributed by atoms with Gasteiger partial charge < -0.3 is 5.73 Å². The van der Waals surface area contributed by atoms with Gasteiger partial charge in [-0.1, -0.05) is 30.5 Å². The SMILES string of the molecule is N[C@@H]1CCCC[C@H]1NS(=O)(=O)c1c(Cl)cccc1Br. The lowest BCUT2D eigenvalue weighted by Crippen LogP contribution is -2.49. The van der Waals surface area contributed by atoms with Gasteiger partial charge in [-0.15, -0.1) is 0 Å². The Morgan fingerprint density at radius 1 is 1.32 bits per heavy atom. The minimum absolute atomic E-state index is 0.0782. The molecule has 0 saturated heterocycles. The van der Waals surface area contributed by atoms with Gasteiger partial charge in [0.25, 0.3) is 0 Å². The zero-order valence-electron chi connectivity index (χ0n) is 10.3. The molecule has 19 heavy (non-hydrogen) atoms. The van der Waals surface area contributed by atoms with E-state index in [2.05, 4.69) is 20.7 Å². The normalized spacial score (nSPS) is 24.4. The molecule has 2 atom stereocenters. The molecule has 7 heteroatoms. The van der Waals surface area contributed by atoms with E-state index in [1.54, 1.807) is 18.2 Å². The highest BCUT2D eigenvalue weighted by Gasteiger charge is 2.29. The van der Waals surface area contributed by atoms with Gasteiger partial charge in [0.15, 0.2) is 0 Å². The summed E-state index contributed by atoms with van der Waals surface area (Å²) < 4.78 is 27.9. The van der Waals surface area contributed by atoms with E-state index in [0.717, 1.165) is 25.7 Å².